The molecule has 13 heteroatoms. The number of halogens is 1. The molecule has 4 N–H and O–H groups in total. The number of aromatic carboxylic acids is 1. The summed E-state index contributed by atoms with van der Waals surface area (Å²) in [7, 11) is 0. The van der Waals surface area contributed by atoms with Crippen molar-refractivity contribution in [3.63, 3.8) is 0 Å². The van der Waals surface area contributed by atoms with Gasteiger partial charge in [0.15, 0.2) is 11.2 Å². The van der Waals surface area contributed by atoms with Gasteiger partial charge in [0.2, 0.25) is 11.4 Å². The summed E-state index contributed by atoms with van der Waals surface area (Å²) in [6, 6.07) is 8.89. The Hall–Kier alpha value is -5.04. The van der Waals surface area contributed by atoms with Gasteiger partial charge in [-0.1, -0.05) is 13.0 Å². The van der Waals surface area contributed by atoms with Crippen LogP contribution in [0.3, 0.4) is 0 Å². The fraction of sp³-hybridized carbons (Fsp3) is 0.400. The number of hydrogen-bond acceptors (Lipinski definition) is 8. The van der Waals surface area contributed by atoms with Crippen LogP contribution in [0, 0.1) is 12.7 Å². The van der Waals surface area contributed by atoms with E-state index in [0.717, 1.165) is 57.4 Å². The summed E-state index contributed by atoms with van der Waals surface area (Å²) < 4.78 is 17.1. The van der Waals surface area contributed by atoms with Crippen molar-refractivity contribution in [2.45, 2.75) is 58.4 Å². The first-order chi connectivity index (χ1) is 23.2. The van der Waals surface area contributed by atoms with Crippen LogP contribution in [0.1, 0.15) is 65.7 Å². The molecular weight excluding hydrogens is 615 g/mol. The minimum Gasteiger partial charge on any atom is -0.477 e. The lowest BCUT2D eigenvalue weighted by molar-refractivity contribution is 0.0694. The highest BCUT2D eigenvalue weighted by Crippen LogP contribution is 2.41. The van der Waals surface area contributed by atoms with Crippen LogP contribution in [0.25, 0.3) is 22.1 Å². The molecule has 0 radical (unpaired) electrons. The number of rotatable bonds is 11. The number of unbranched alkanes of at least 4 members (excludes halogenated alkanes) is 1. The smallest absolute Gasteiger partial charge is 0.341 e. The van der Waals surface area contributed by atoms with Gasteiger partial charge in [0, 0.05) is 55.4 Å². The molecule has 2 aromatic carbocycles. The lowest BCUT2D eigenvalue weighted by Crippen LogP contribution is -2.47. The Bertz CT molecular complexity index is 2140. The zero-order valence-corrected chi connectivity index (χ0v) is 27.1. The number of benzene rings is 2. The van der Waals surface area contributed by atoms with Gasteiger partial charge in [-0.3, -0.25) is 19.5 Å². The van der Waals surface area contributed by atoms with Crippen LogP contribution in [0.15, 0.2) is 46.2 Å². The first kappa shape index (κ1) is 31.6. The summed E-state index contributed by atoms with van der Waals surface area (Å²) in [5.74, 6) is -1.42. The third kappa shape index (κ3) is 6.17. The first-order valence-corrected chi connectivity index (χ1v) is 16.6. The molecule has 2 aliphatic rings. The van der Waals surface area contributed by atoms with E-state index >= 15 is 4.39 Å². The Balaban J connectivity index is 0.942. The van der Waals surface area contributed by atoms with Crippen molar-refractivity contribution >= 4 is 45.4 Å². The molecule has 0 atom stereocenters. The highest BCUT2D eigenvalue weighted by molar-refractivity contribution is 5.95. The van der Waals surface area contributed by atoms with E-state index in [0.29, 0.717) is 53.6 Å². The lowest BCUT2D eigenvalue weighted by atomic mass is 10.0. The molecule has 7 rings (SSSR count). The van der Waals surface area contributed by atoms with E-state index in [2.05, 4.69) is 50.1 Å². The van der Waals surface area contributed by atoms with E-state index < -0.39 is 17.2 Å². The molecule has 0 bridgehead atoms. The molecule has 48 heavy (non-hydrogen) atoms. The Morgan fingerprint density at radius 1 is 1.06 bits per heavy atom. The largest absolute Gasteiger partial charge is 0.477 e. The molecular formula is C35H39FN8O4. The molecule has 0 spiro atoms. The molecule has 250 valence electrons. The number of nitrogens with zero attached hydrogens (tertiary/aromatic N) is 5. The van der Waals surface area contributed by atoms with Gasteiger partial charge in [-0.15, -0.1) is 0 Å². The number of carboxylic acids is 1. The van der Waals surface area contributed by atoms with E-state index in [1.165, 1.54) is 17.2 Å². The van der Waals surface area contributed by atoms with Crippen LogP contribution < -0.4 is 21.2 Å². The van der Waals surface area contributed by atoms with Crippen molar-refractivity contribution in [2.24, 2.45) is 0 Å². The molecule has 0 unspecified atom stereocenters. The number of aromatic nitrogens is 5. The average Bonchev–Trinajstić information content (AvgIpc) is 3.84. The molecule has 3 aromatic heterocycles. The van der Waals surface area contributed by atoms with Crippen molar-refractivity contribution < 1.29 is 14.3 Å². The third-order valence-electron chi connectivity index (χ3n) is 9.61. The quantitative estimate of drug-likeness (QED) is 0.146. The maximum absolute atomic E-state index is 15.3. The van der Waals surface area contributed by atoms with E-state index in [-0.39, 0.29) is 22.4 Å². The van der Waals surface area contributed by atoms with Gasteiger partial charge in [0.05, 0.1) is 17.5 Å². The Morgan fingerprint density at radius 2 is 1.83 bits per heavy atom. The number of hydrogen-bond donors (Lipinski definition) is 4. The van der Waals surface area contributed by atoms with E-state index in [4.69, 9.17) is 0 Å². The SMILES string of the molecule is CCc1cc(Nc2nc3ncn(CCCCN4CCN(c5cc6[nH]c(C7CC7)c(C(=O)O)c(=O)c6cc5F)CC4)c3c(=O)[nH]2)ccc1C. The average molecular weight is 655 g/mol. The highest BCUT2D eigenvalue weighted by atomic mass is 19.1. The van der Waals surface area contributed by atoms with Gasteiger partial charge in [0.1, 0.15) is 11.4 Å². The zero-order valence-electron chi connectivity index (χ0n) is 27.1. The number of carbonyl (C=O) groups is 1. The molecule has 0 amide bonds. The zero-order chi connectivity index (χ0) is 33.5. The van der Waals surface area contributed by atoms with Crippen LogP contribution >= 0.6 is 0 Å². The van der Waals surface area contributed by atoms with Crippen molar-refractivity contribution in [3.8, 4) is 0 Å². The third-order valence-corrected chi connectivity index (χ3v) is 9.61. The monoisotopic (exact) mass is 654 g/mol. The van der Waals surface area contributed by atoms with Crippen molar-refractivity contribution in [3.05, 3.63) is 85.4 Å². The van der Waals surface area contributed by atoms with E-state index in [1.54, 1.807) is 12.4 Å². The number of aryl methyl sites for hydroxylation is 3. The van der Waals surface area contributed by atoms with Crippen LogP contribution in [-0.4, -0.2) is 73.2 Å². The standard InChI is InChI=1S/C35H39FN8O4/c1-3-21-16-23(9-6-20(21)2)38-35-40-32-30(33(46)41-35)44(19-37-32)11-5-4-10-42-12-14-43(15-13-42)27-18-26-24(17-25(27)36)31(45)28(34(47)48)29(39-26)22-7-8-22/h6,9,16-19,22H,3-5,7-8,10-15H2,1-2H3,(H,39,45)(H,47,48)(H2,38,40,41,46). The van der Waals surface area contributed by atoms with Gasteiger partial charge in [-0.25, -0.2) is 14.2 Å². The second-order valence-corrected chi connectivity index (χ2v) is 12.9. The van der Waals surface area contributed by atoms with Crippen LogP contribution in [-0.2, 0) is 13.0 Å². The number of H-pyrrole nitrogens is 2. The van der Waals surface area contributed by atoms with Gasteiger partial charge in [0.25, 0.3) is 5.56 Å². The van der Waals surface area contributed by atoms with Gasteiger partial charge < -0.3 is 24.9 Å². The second kappa shape index (κ2) is 12.9. The maximum atomic E-state index is 15.3. The molecule has 1 saturated heterocycles. The van der Waals surface area contributed by atoms with Gasteiger partial charge in [-0.05, 0) is 81.0 Å². The summed E-state index contributed by atoms with van der Waals surface area (Å²) in [5.41, 5.74) is 4.33. The molecule has 1 aliphatic carbocycles. The van der Waals surface area contributed by atoms with Gasteiger partial charge >= 0.3 is 5.97 Å². The summed E-state index contributed by atoms with van der Waals surface area (Å²) in [6.45, 7) is 8.46. The second-order valence-electron chi connectivity index (χ2n) is 12.9. The molecule has 1 aliphatic heterocycles. The number of imidazole rings is 1. The molecule has 1 saturated carbocycles. The number of piperazine rings is 1. The van der Waals surface area contributed by atoms with E-state index in [9.17, 15) is 19.5 Å². The van der Waals surface area contributed by atoms with Crippen LogP contribution in [0.5, 0.6) is 0 Å². The number of pyridine rings is 1. The number of anilines is 3. The van der Waals surface area contributed by atoms with Crippen LogP contribution in [0.4, 0.5) is 21.7 Å². The summed E-state index contributed by atoms with van der Waals surface area (Å²) in [4.78, 5) is 57.0. The number of carboxylic acid groups (broad SMARTS) is 1. The van der Waals surface area contributed by atoms with Gasteiger partial charge in [-0.2, -0.15) is 4.98 Å². The molecule has 2 fully saturated rings. The van der Waals surface area contributed by atoms with Crippen molar-refractivity contribution in [2.75, 3.05) is 42.9 Å². The first-order valence-electron chi connectivity index (χ1n) is 16.6. The topological polar surface area (TPSA) is 152 Å². The Morgan fingerprint density at radius 3 is 2.56 bits per heavy atom. The van der Waals surface area contributed by atoms with Crippen LogP contribution in [0.2, 0.25) is 0 Å². The molecule has 5 aromatic rings. The normalized spacial score (nSPS) is 15.4. The molecule has 4 heterocycles. The number of aromatic amines is 2. The predicted molar refractivity (Wildman–Crippen MR) is 183 cm³/mol. The summed E-state index contributed by atoms with van der Waals surface area (Å²) in [5, 5.41) is 12.9. The number of fused-ring (bicyclic) bond motifs is 2. The van der Waals surface area contributed by atoms with Crippen molar-refractivity contribution in [1.82, 2.24) is 29.4 Å². The fourth-order valence-corrected chi connectivity index (χ4v) is 6.76. The minimum absolute atomic E-state index is 0.0314. The summed E-state index contributed by atoms with van der Waals surface area (Å²) in [6.07, 6.45) is 6.01. The predicted octanol–water partition coefficient (Wildman–Crippen LogP) is 4.89. The minimum atomic E-state index is -1.28. The highest BCUT2D eigenvalue weighted by Gasteiger charge is 2.32. The maximum Gasteiger partial charge on any atom is 0.341 e. The molecule has 12 nitrogen and oxygen atoms in total. The fourth-order valence-electron chi connectivity index (χ4n) is 6.76. The Labute approximate surface area is 275 Å². The van der Waals surface area contributed by atoms with E-state index in [1.807, 2.05) is 21.6 Å². The van der Waals surface area contributed by atoms with Crippen molar-refractivity contribution in [1.29, 1.82) is 0 Å². The lowest BCUT2D eigenvalue weighted by Gasteiger charge is -2.36. The number of nitrogens with one attached hydrogen (secondary N) is 3. The summed E-state index contributed by atoms with van der Waals surface area (Å²) >= 11 is 0. The Kier molecular flexibility index (Phi) is 8.46.